The summed E-state index contributed by atoms with van der Waals surface area (Å²) in [5.41, 5.74) is 5.25. The third-order valence-corrected chi connectivity index (χ3v) is 1.24. The van der Waals surface area contributed by atoms with E-state index in [0.29, 0.717) is 0 Å². The van der Waals surface area contributed by atoms with Gasteiger partial charge in [-0.1, -0.05) is 0 Å². The highest BCUT2D eigenvalue weighted by Crippen LogP contribution is 1.85. The SMILES string of the molecule is CC(C)NNC(=O)c1ncccn1. The normalized spacial score (nSPS) is 10.1. The van der Waals surface area contributed by atoms with Gasteiger partial charge >= 0.3 is 5.91 Å². The van der Waals surface area contributed by atoms with Crippen LogP contribution in [-0.2, 0) is 0 Å². The Hall–Kier alpha value is -1.49. The van der Waals surface area contributed by atoms with E-state index in [2.05, 4.69) is 20.8 Å². The van der Waals surface area contributed by atoms with Crippen molar-refractivity contribution in [2.75, 3.05) is 0 Å². The second-order valence-electron chi connectivity index (χ2n) is 2.83. The van der Waals surface area contributed by atoms with Crippen molar-refractivity contribution in [3.8, 4) is 0 Å². The highest BCUT2D eigenvalue weighted by molar-refractivity contribution is 5.89. The van der Waals surface area contributed by atoms with Gasteiger partial charge in [-0.25, -0.2) is 15.4 Å². The maximum absolute atomic E-state index is 11.3. The predicted octanol–water partition coefficient (Wildman–Crippen LogP) is 0.119. The Kier molecular flexibility index (Phi) is 3.33. The highest BCUT2D eigenvalue weighted by atomic mass is 16.2. The van der Waals surface area contributed by atoms with Crippen molar-refractivity contribution >= 4 is 5.91 Å². The molecule has 0 bridgehead atoms. The minimum atomic E-state index is -0.325. The lowest BCUT2D eigenvalue weighted by Gasteiger charge is -2.08. The van der Waals surface area contributed by atoms with Gasteiger partial charge in [0.2, 0.25) is 5.82 Å². The third-order valence-electron chi connectivity index (χ3n) is 1.24. The van der Waals surface area contributed by atoms with Gasteiger partial charge in [-0.3, -0.25) is 10.2 Å². The molecule has 1 aromatic rings. The van der Waals surface area contributed by atoms with Gasteiger partial charge in [0, 0.05) is 18.4 Å². The maximum atomic E-state index is 11.3. The van der Waals surface area contributed by atoms with Crippen LogP contribution in [0.1, 0.15) is 24.5 Å². The Morgan fingerprint density at radius 2 is 2.00 bits per heavy atom. The summed E-state index contributed by atoms with van der Waals surface area (Å²) in [6, 6.07) is 1.85. The second-order valence-corrected chi connectivity index (χ2v) is 2.83. The van der Waals surface area contributed by atoms with Crippen LogP contribution in [0.4, 0.5) is 0 Å². The Bertz CT molecular complexity index is 273. The third kappa shape index (κ3) is 3.16. The molecule has 1 rings (SSSR count). The van der Waals surface area contributed by atoms with E-state index in [1.807, 2.05) is 13.8 Å². The van der Waals surface area contributed by atoms with E-state index in [1.54, 1.807) is 6.07 Å². The van der Waals surface area contributed by atoms with Crippen LogP contribution in [-0.4, -0.2) is 21.9 Å². The lowest BCUT2D eigenvalue weighted by molar-refractivity contribution is 0.0917. The predicted molar refractivity (Wildman–Crippen MR) is 47.8 cm³/mol. The molecule has 0 unspecified atom stereocenters. The lowest BCUT2D eigenvalue weighted by atomic mass is 10.4. The molecule has 0 saturated carbocycles. The Balaban J connectivity index is 2.50. The quantitative estimate of drug-likeness (QED) is 0.648. The lowest BCUT2D eigenvalue weighted by Crippen LogP contribution is -2.42. The summed E-state index contributed by atoms with van der Waals surface area (Å²) in [6.45, 7) is 3.85. The number of hydrazine groups is 1. The van der Waals surface area contributed by atoms with Gasteiger partial charge in [-0.15, -0.1) is 0 Å². The van der Waals surface area contributed by atoms with Crippen molar-refractivity contribution in [2.45, 2.75) is 19.9 Å². The molecule has 2 N–H and O–H groups in total. The van der Waals surface area contributed by atoms with Crippen LogP contribution in [0.5, 0.6) is 0 Å². The molecule has 1 heterocycles. The van der Waals surface area contributed by atoms with Crippen LogP contribution < -0.4 is 10.9 Å². The molecule has 0 aliphatic heterocycles. The number of carbonyl (C=O) groups excluding carboxylic acids is 1. The summed E-state index contributed by atoms with van der Waals surface area (Å²) in [6.07, 6.45) is 3.05. The summed E-state index contributed by atoms with van der Waals surface area (Å²) in [5.74, 6) is -0.162. The van der Waals surface area contributed by atoms with Gasteiger partial charge < -0.3 is 0 Å². The molecular weight excluding hydrogens is 168 g/mol. The van der Waals surface area contributed by atoms with Crippen molar-refractivity contribution in [2.24, 2.45) is 0 Å². The van der Waals surface area contributed by atoms with Crippen LogP contribution >= 0.6 is 0 Å². The first-order valence-electron chi connectivity index (χ1n) is 4.03. The molecule has 0 fully saturated rings. The number of hydrogen-bond donors (Lipinski definition) is 2. The molecule has 0 radical (unpaired) electrons. The number of nitrogens with one attached hydrogen (secondary N) is 2. The molecule has 0 aliphatic carbocycles. The molecule has 5 heteroatoms. The van der Waals surface area contributed by atoms with E-state index < -0.39 is 0 Å². The maximum Gasteiger partial charge on any atom is 0.303 e. The fourth-order valence-electron chi connectivity index (χ4n) is 0.682. The summed E-state index contributed by atoms with van der Waals surface area (Å²) in [4.78, 5) is 18.8. The van der Waals surface area contributed by atoms with Gasteiger partial charge in [0.15, 0.2) is 0 Å². The van der Waals surface area contributed by atoms with E-state index in [4.69, 9.17) is 0 Å². The molecule has 0 aliphatic rings. The van der Waals surface area contributed by atoms with E-state index >= 15 is 0 Å². The molecule has 0 saturated heterocycles. The van der Waals surface area contributed by atoms with Crippen molar-refractivity contribution in [1.29, 1.82) is 0 Å². The molecule has 5 nitrogen and oxygen atoms in total. The van der Waals surface area contributed by atoms with Gasteiger partial charge in [-0.2, -0.15) is 0 Å². The molecular formula is C8H12N4O. The van der Waals surface area contributed by atoms with Gasteiger partial charge in [0.1, 0.15) is 0 Å². The molecule has 0 atom stereocenters. The molecule has 70 valence electrons. The summed E-state index contributed by atoms with van der Waals surface area (Å²) >= 11 is 0. The number of amides is 1. The Labute approximate surface area is 76.6 Å². The first kappa shape index (κ1) is 9.60. The fourth-order valence-corrected chi connectivity index (χ4v) is 0.682. The number of rotatable bonds is 3. The van der Waals surface area contributed by atoms with Crippen LogP contribution in [0.15, 0.2) is 18.5 Å². The average molecular weight is 180 g/mol. The summed E-state index contributed by atoms with van der Waals surface area (Å²) < 4.78 is 0. The zero-order valence-electron chi connectivity index (χ0n) is 7.61. The van der Waals surface area contributed by atoms with Crippen LogP contribution in [0, 0.1) is 0 Å². The zero-order valence-corrected chi connectivity index (χ0v) is 7.61. The average Bonchev–Trinajstić information content (AvgIpc) is 2.15. The van der Waals surface area contributed by atoms with Crippen LogP contribution in [0.2, 0.25) is 0 Å². The van der Waals surface area contributed by atoms with E-state index in [0.717, 1.165) is 0 Å². The molecule has 0 spiro atoms. The molecule has 13 heavy (non-hydrogen) atoms. The standard InChI is InChI=1S/C8H12N4O/c1-6(2)11-12-8(13)7-9-4-3-5-10-7/h3-6,11H,1-2H3,(H,12,13). The van der Waals surface area contributed by atoms with Gasteiger partial charge in [0.05, 0.1) is 0 Å². The first-order chi connectivity index (χ1) is 6.20. The van der Waals surface area contributed by atoms with E-state index in [1.165, 1.54) is 12.4 Å². The second kappa shape index (κ2) is 4.51. The minimum absolute atomic E-state index is 0.163. The van der Waals surface area contributed by atoms with Crippen molar-refractivity contribution < 1.29 is 4.79 Å². The highest BCUT2D eigenvalue weighted by Gasteiger charge is 2.06. The van der Waals surface area contributed by atoms with Crippen molar-refractivity contribution in [3.63, 3.8) is 0 Å². The smallest absolute Gasteiger partial charge is 0.284 e. The fraction of sp³-hybridized carbons (Fsp3) is 0.375. The largest absolute Gasteiger partial charge is 0.303 e. The number of aromatic nitrogens is 2. The van der Waals surface area contributed by atoms with Gasteiger partial charge in [-0.05, 0) is 19.9 Å². The Morgan fingerprint density at radius 1 is 1.38 bits per heavy atom. The van der Waals surface area contributed by atoms with E-state index in [-0.39, 0.29) is 17.8 Å². The number of carbonyl (C=O) groups is 1. The van der Waals surface area contributed by atoms with Crippen LogP contribution in [0.25, 0.3) is 0 Å². The Morgan fingerprint density at radius 3 is 2.54 bits per heavy atom. The molecule has 1 amide bonds. The summed E-state index contributed by atoms with van der Waals surface area (Å²) in [7, 11) is 0. The molecule has 0 aromatic carbocycles. The zero-order chi connectivity index (χ0) is 9.68. The monoisotopic (exact) mass is 180 g/mol. The topological polar surface area (TPSA) is 66.9 Å². The molecule has 1 aromatic heterocycles. The summed E-state index contributed by atoms with van der Waals surface area (Å²) in [5, 5.41) is 0. The van der Waals surface area contributed by atoms with Crippen LogP contribution in [0.3, 0.4) is 0 Å². The van der Waals surface area contributed by atoms with Gasteiger partial charge in [0.25, 0.3) is 0 Å². The number of nitrogens with zero attached hydrogens (tertiary/aromatic N) is 2. The first-order valence-corrected chi connectivity index (χ1v) is 4.03. The van der Waals surface area contributed by atoms with Crippen molar-refractivity contribution in [1.82, 2.24) is 20.8 Å². The number of hydrogen-bond acceptors (Lipinski definition) is 4. The minimum Gasteiger partial charge on any atom is -0.284 e. The van der Waals surface area contributed by atoms with Crippen molar-refractivity contribution in [3.05, 3.63) is 24.3 Å². The van der Waals surface area contributed by atoms with E-state index in [9.17, 15) is 4.79 Å².